The first-order valence-electron chi connectivity index (χ1n) is 7.33. The number of ether oxygens (including phenoxy) is 1. The van der Waals surface area contributed by atoms with Crippen LogP contribution in [0.25, 0.3) is 0 Å². The Kier molecular flexibility index (Phi) is 5.23. The first kappa shape index (κ1) is 14.4. The molecule has 1 aromatic rings. The summed E-state index contributed by atoms with van der Waals surface area (Å²) in [4.78, 5) is 2.46. The number of nitrogens with zero attached hydrogens (tertiary/aromatic N) is 1. The van der Waals surface area contributed by atoms with Gasteiger partial charge in [-0.15, -0.1) is 0 Å². The summed E-state index contributed by atoms with van der Waals surface area (Å²) in [6, 6.07) is 6.52. The summed E-state index contributed by atoms with van der Waals surface area (Å²) >= 11 is 0. The van der Waals surface area contributed by atoms with Gasteiger partial charge in [0.05, 0.1) is 0 Å². The normalized spacial score (nSPS) is 16.8. The number of nitrogens with one attached hydrogen (secondary N) is 1. The molecule has 0 bridgehead atoms. The van der Waals surface area contributed by atoms with Gasteiger partial charge in [-0.1, -0.05) is 26.0 Å². The summed E-state index contributed by atoms with van der Waals surface area (Å²) in [5, 5.41) is 3.37. The van der Waals surface area contributed by atoms with Crippen molar-refractivity contribution in [1.82, 2.24) is 10.2 Å². The van der Waals surface area contributed by atoms with Crippen molar-refractivity contribution in [3.05, 3.63) is 29.3 Å². The van der Waals surface area contributed by atoms with Gasteiger partial charge in [0.2, 0.25) is 0 Å². The van der Waals surface area contributed by atoms with Crippen molar-refractivity contribution in [2.24, 2.45) is 0 Å². The highest BCUT2D eigenvalue weighted by molar-refractivity contribution is 5.39. The molecule has 1 heterocycles. The zero-order valence-corrected chi connectivity index (χ0v) is 12.4. The van der Waals surface area contributed by atoms with E-state index >= 15 is 0 Å². The Morgan fingerprint density at radius 1 is 1.26 bits per heavy atom. The second-order valence-corrected chi connectivity index (χ2v) is 5.64. The quantitative estimate of drug-likeness (QED) is 0.882. The Hall–Kier alpha value is -1.06. The summed E-state index contributed by atoms with van der Waals surface area (Å²) < 4.78 is 6.02. The fraction of sp³-hybridized carbons (Fsp3) is 0.625. The maximum Gasteiger partial charge on any atom is 0.123 e. The summed E-state index contributed by atoms with van der Waals surface area (Å²) in [6.45, 7) is 12.8. The molecule has 1 aliphatic heterocycles. The van der Waals surface area contributed by atoms with Crippen LogP contribution in [0.1, 0.15) is 30.9 Å². The molecule has 0 unspecified atom stereocenters. The Morgan fingerprint density at radius 3 is 2.68 bits per heavy atom. The van der Waals surface area contributed by atoms with E-state index in [1.54, 1.807) is 0 Å². The van der Waals surface area contributed by atoms with Gasteiger partial charge in [0, 0.05) is 32.7 Å². The lowest BCUT2D eigenvalue weighted by Crippen LogP contribution is -2.44. The van der Waals surface area contributed by atoms with E-state index < -0.39 is 0 Å². The SMILES string of the molecule is Cc1ccc(C(C)C)c(OCCN2CCNCC2)c1. The van der Waals surface area contributed by atoms with Crippen LogP contribution in [0.3, 0.4) is 0 Å². The van der Waals surface area contributed by atoms with E-state index in [-0.39, 0.29) is 0 Å². The highest BCUT2D eigenvalue weighted by atomic mass is 16.5. The first-order valence-corrected chi connectivity index (χ1v) is 7.33. The van der Waals surface area contributed by atoms with Gasteiger partial charge in [-0.05, 0) is 30.0 Å². The average molecular weight is 262 g/mol. The lowest BCUT2D eigenvalue weighted by Gasteiger charge is -2.27. The van der Waals surface area contributed by atoms with E-state index in [2.05, 4.69) is 49.2 Å². The van der Waals surface area contributed by atoms with Crippen LogP contribution in [-0.2, 0) is 0 Å². The highest BCUT2D eigenvalue weighted by Gasteiger charge is 2.11. The summed E-state index contributed by atoms with van der Waals surface area (Å²) in [5.41, 5.74) is 2.58. The largest absolute Gasteiger partial charge is 0.492 e. The van der Waals surface area contributed by atoms with E-state index in [1.165, 1.54) is 11.1 Å². The van der Waals surface area contributed by atoms with Gasteiger partial charge in [0.1, 0.15) is 12.4 Å². The molecule has 1 aliphatic rings. The van der Waals surface area contributed by atoms with Gasteiger partial charge in [-0.3, -0.25) is 4.90 Å². The zero-order chi connectivity index (χ0) is 13.7. The number of aryl methyl sites for hydroxylation is 1. The standard InChI is InChI=1S/C16H26N2O/c1-13(2)15-5-4-14(3)12-16(15)19-11-10-18-8-6-17-7-9-18/h4-5,12-13,17H,6-11H2,1-3H3. The lowest BCUT2D eigenvalue weighted by molar-refractivity contribution is 0.190. The van der Waals surface area contributed by atoms with Crippen LogP contribution < -0.4 is 10.1 Å². The monoisotopic (exact) mass is 262 g/mol. The topological polar surface area (TPSA) is 24.5 Å². The van der Waals surface area contributed by atoms with E-state index in [9.17, 15) is 0 Å². The summed E-state index contributed by atoms with van der Waals surface area (Å²) in [7, 11) is 0. The van der Waals surface area contributed by atoms with Gasteiger partial charge in [0.25, 0.3) is 0 Å². The van der Waals surface area contributed by atoms with Crippen LogP contribution in [0.15, 0.2) is 18.2 Å². The fourth-order valence-electron chi connectivity index (χ4n) is 2.46. The minimum atomic E-state index is 0.509. The van der Waals surface area contributed by atoms with Gasteiger partial charge >= 0.3 is 0 Å². The third-order valence-corrected chi connectivity index (χ3v) is 3.67. The molecule has 1 aromatic carbocycles. The van der Waals surface area contributed by atoms with Crippen LogP contribution >= 0.6 is 0 Å². The molecule has 106 valence electrons. The Labute approximate surface area is 116 Å². The molecular weight excluding hydrogens is 236 g/mol. The molecule has 0 aliphatic carbocycles. The Morgan fingerprint density at radius 2 is 2.00 bits per heavy atom. The molecule has 3 heteroatoms. The van der Waals surface area contributed by atoms with Crippen LogP contribution in [0.2, 0.25) is 0 Å². The van der Waals surface area contributed by atoms with Crippen molar-refractivity contribution in [2.75, 3.05) is 39.3 Å². The van der Waals surface area contributed by atoms with Crippen molar-refractivity contribution in [3.63, 3.8) is 0 Å². The van der Waals surface area contributed by atoms with Crippen molar-refractivity contribution in [3.8, 4) is 5.75 Å². The molecule has 0 aromatic heterocycles. The number of piperazine rings is 1. The lowest BCUT2D eigenvalue weighted by atomic mass is 10.0. The minimum absolute atomic E-state index is 0.509. The molecular formula is C16H26N2O. The molecule has 0 radical (unpaired) electrons. The van der Waals surface area contributed by atoms with Crippen LogP contribution in [0.4, 0.5) is 0 Å². The predicted molar refractivity (Wildman–Crippen MR) is 80.1 cm³/mol. The molecule has 0 spiro atoms. The molecule has 3 nitrogen and oxygen atoms in total. The molecule has 0 saturated carbocycles. The Bertz CT molecular complexity index is 398. The number of hydrogen-bond donors (Lipinski definition) is 1. The van der Waals surface area contributed by atoms with Crippen molar-refractivity contribution in [1.29, 1.82) is 0 Å². The second-order valence-electron chi connectivity index (χ2n) is 5.64. The van der Waals surface area contributed by atoms with Crippen molar-refractivity contribution < 1.29 is 4.74 Å². The predicted octanol–water partition coefficient (Wildman–Crippen LogP) is 2.40. The third kappa shape index (κ3) is 4.22. The summed E-state index contributed by atoms with van der Waals surface area (Å²) in [6.07, 6.45) is 0. The van der Waals surface area contributed by atoms with E-state index in [0.29, 0.717) is 5.92 Å². The van der Waals surface area contributed by atoms with Crippen LogP contribution in [0, 0.1) is 6.92 Å². The average Bonchev–Trinajstić information content (AvgIpc) is 2.39. The molecule has 2 rings (SSSR count). The second kappa shape index (κ2) is 6.92. The zero-order valence-electron chi connectivity index (χ0n) is 12.4. The van der Waals surface area contributed by atoms with E-state index in [1.807, 2.05) is 0 Å². The molecule has 0 amide bonds. The van der Waals surface area contributed by atoms with Crippen molar-refractivity contribution >= 4 is 0 Å². The van der Waals surface area contributed by atoms with Gasteiger partial charge in [-0.25, -0.2) is 0 Å². The fourth-order valence-corrected chi connectivity index (χ4v) is 2.46. The van der Waals surface area contributed by atoms with Gasteiger partial charge < -0.3 is 10.1 Å². The number of hydrogen-bond acceptors (Lipinski definition) is 3. The maximum absolute atomic E-state index is 6.02. The van der Waals surface area contributed by atoms with Gasteiger partial charge in [-0.2, -0.15) is 0 Å². The summed E-state index contributed by atoms with van der Waals surface area (Å²) in [5.74, 6) is 1.57. The van der Waals surface area contributed by atoms with Crippen LogP contribution in [-0.4, -0.2) is 44.2 Å². The van der Waals surface area contributed by atoms with Crippen LogP contribution in [0.5, 0.6) is 5.75 Å². The first-order chi connectivity index (χ1) is 9.16. The minimum Gasteiger partial charge on any atom is -0.492 e. The molecule has 19 heavy (non-hydrogen) atoms. The highest BCUT2D eigenvalue weighted by Crippen LogP contribution is 2.27. The van der Waals surface area contributed by atoms with Crippen molar-refractivity contribution in [2.45, 2.75) is 26.7 Å². The smallest absolute Gasteiger partial charge is 0.123 e. The van der Waals surface area contributed by atoms with E-state index in [0.717, 1.165) is 45.1 Å². The van der Waals surface area contributed by atoms with Gasteiger partial charge in [0.15, 0.2) is 0 Å². The molecule has 1 saturated heterocycles. The maximum atomic E-state index is 6.02. The van der Waals surface area contributed by atoms with E-state index in [4.69, 9.17) is 4.74 Å². The Balaban J connectivity index is 1.89. The molecule has 0 atom stereocenters. The number of benzene rings is 1. The molecule has 1 N–H and O–H groups in total. The molecule has 1 fully saturated rings. The third-order valence-electron chi connectivity index (χ3n) is 3.67. The number of rotatable bonds is 5.